The van der Waals surface area contributed by atoms with Crippen molar-refractivity contribution in [2.24, 2.45) is 9.98 Å². The first-order valence-corrected chi connectivity index (χ1v) is 16.9. The Kier molecular flexibility index (Phi) is 7.42. The molecule has 5 aliphatic heterocycles. The van der Waals surface area contributed by atoms with Crippen molar-refractivity contribution < 1.29 is 49.6 Å². The molecule has 7 heterocycles. The van der Waals surface area contributed by atoms with Gasteiger partial charge in [-0.1, -0.05) is 11.8 Å². The molecule has 45 heavy (non-hydrogen) atoms. The van der Waals surface area contributed by atoms with Crippen LogP contribution in [0.3, 0.4) is 0 Å². The SMILES string of the molecule is N=C1N=C2C(N=CN2[C@@H]2O[C@@H]3COP([O-])(=S)O[C@H]4[C@@H](F)[C@H](n5cnc6c(N)ncnc65)O[C@@H]4CNS(=O)(=O)O[C@H]3[C@@H]2F)C(=O)N1. The summed E-state index contributed by atoms with van der Waals surface area (Å²) in [6, 6.07) is -1.20. The Morgan fingerprint density at radius 2 is 1.91 bits per heavy atom. The lowest BCUT2D eigenvalue weighted by Gasteiger charge is -2.34. The lowest BCUT2D eigenvalue weighted by atomic mass is 10.1. The van der Waals surface area contributed by atoms with E-state index in [0.717, 1.165) is 17.6 Å². The number of aromatic nitrogens is 4. The Morgan fingerprint density at radius 3 is 2.71 bits per heavy atom. The first-order chi connectivity index (χ1) is 21.3. The second-order valence-corrected chi connectivity index (χ2v) is 14.3. The number of nitrogens with zero attached hydrogens (tertiary/aromatic N) is 7. The molecule has 5 N–H and O–H groups in total. The fourth-order valence-electron chi connectivity index (χ4n) is 5.37. The van der Waals surface area contributed by atoms with Gasteiger partial charge in [0.05, 0.1) is 19.3 Å². The van der Waals surface area contributed by atoms with Crippen LogP contribution in [0.1, 0.15) is 6.23 Å². The molecule has 3 fully saturated rings. The number of fused-ring (bicyclic) bond motifs is 4. The van der Waals surface area contributed by atoms with E-state index in [2.05, 4.69) is 35.0 Å². The van der Waals surface area contributed by atoms with Gasteiger partial charge in [-0.05, 0) is 0 Å². The third-order valence-electron chi connectivity index (χ3n) is 7.38. The molecule has 2 aromatic rings. The molecular weight excluding hydrogens is 671 g/mol. The second kappa shape index (κ2) is 11.0. The molecular formula is C20H21F2N11O9PS2-. The zero-order valence-electron chi connectivity index (χ0n) is 22.2. The van der Waals surface area contributed by atoms with E-state index in [0.29, 0.717) is 0 Å². The minimum atomic E-state index is -4.80. The number of hydrogen-bond donors (Lipinski definition) is 4. The molecule has 0 radical (unpaired) electrons. The van der Waals surface area contributed by atoms with Crippen molar-refractivity contribution in [1.29, 1.82) is 5.41 Å². The van der Waals surface area contributed by atoms with E-state index in [1.165, 1.54) is 10.9 Å². The van der Waals surface area contributed by atoms with Crippen LogP contribution in [-0.2, 0) is 49.6 Å². The summed E-state index contributed by atoms with van der Waals surface area (Å²) in [6.07, 6.45) is -10.9. The number of ether oxygens (including phenoxy) is 2. The Hall–Kier alpha value is -3.19. The number of rotatable bonds is 2. The minimum absolute atomic E-state index is 0.0120. The van der Waals surface area contributed by atoms with Crippen molar-refractivity contribution >= 4 is 69.9 Å². The molecule has 0 saturated carbocycles. The Morgan fingerprint density at radius 1 is 1.16 bits per heavy atom. The van der Waals surface area contributed by atoms with Gasteiger partial charge in [-0.2, -0.15) is 18.1 Å². The third-order valence-corrected chi connectivity index (χ3v) is 9.92. The second-order valence-electron chi connectivity index (χ2n) is 10.2. The van der Waals surface area contributed by atoms with Gasteiger partial charge in [-0.15, -0.1) is 0 Å². The van der Waals surface area contributed by atoms with Gasteiger partial charge in [0.15, 0.2) is 48.1 Å². The molecule has 0 bridgehead atoms. The summed E-state index contributed by atoms with van der Waals surface area (Å²) < 4.78 is 88.2. The monoisotopic (exact) mass is 692 g/mol. The largest absolute Gasteiger partial charge is 0.780 e. The number of amides is 1. The van der Waals surface area contributed by atoms with Crippen LogP contribution in [0.4, 0.5) is 14.6 Å². The van der Waals surface area contributed by atoms with E-state index in [1.807, 2.05) is 0 Å². The lowest BCUT2D eigenvalue weighted by molar-refractivity contribution is -0.216. The summed E-state index contributed by atoms with van der Waals surface area (Å²) in [6.45, 7) is -6.10. The maximum absolute atomic E-state index is 15.9. The number of aliphatic imine (C=N–C) groups is 2. The van der Waals surface area contributed by atoms with Crippen LogP contribution in [0, 0.1) is 5.41 Å². The Bertz CT molecular complexity index is 1800. The normalized spacial score (nSPS) is 39.8. The van der Waals surface area contributed by atoms with Crippen molar-refractivity contribution in [3.05, 3.63) is 12.7 Å². The molecule has 0 spiro atoms. The fourth-order valence-corrected chi connectivity index (χ4v) is 7.75. The van der Waals surface area contributed by atoms with E-state index >= 15 is 8.78 Å². The highest BCUT2D eigenvalue weighted by Gasteiger charge is 2.55. The van der Waals surface area contributed by atoms with Crippen LogP contribution >= 0.6 is 6.72 Å². The van der Waals surface area contributed by atoms with E-state index < -0.39 is 97.3 Å². The van der Waals surface area contributed by atoms with Crippen molar-refractivity contribution in [2.45, 2.75) is 55.3 Å². The fraction of sp³-hybridized carbons (Fsp3) is 0.550. The summed E-state index contributed by atoms with van der Waals surface area (Å²) in [4.78, 5) is 46.2. The van der Waals surface area contributed by atoms with Crippen molar-refractivity contribution in [3.63, 3.8) is 0 Å². The molecule has 0 aliphatic carbocycles. The van der Waals surface area contributed by atoms with E-state index in [1.54, 1.807) is 0 Å². The average Bonchev–Trinajstić information content (AvgIpc) is 3.72. The van der Waals surface area contributed by atoms with E-state index in [4.69, 9.17) is 45.7 Å². The van der Waals surface area contributed by atoms with Crippen LogP contribution in [0.25, 0.3) is 11.2 Å². The molecule has 2 aromatic heterocycles. The molecule has 7 rings (SSSR count). The number of guanidine groups is 1. The summed E-state index contributed by atoms with van der Waals surface area (Å²) in [5.74, 6) is -1.37. The standard InChI is InChI=1S/C20H22F2N11O9PS2/c21-8-12-6(39-18(8)32-4-27-10-14(23)25-3-26-15(10)32)1-29-45(36,37)42-13-7(2-38-43(35,44)41-12)40-19(9(13)22)33-5-28-11-16(33)30-20(24)31-17(11)34/h3-9,11-13,18-19,29H,1-2H2,(H,35,44)(H2,23,25,26)(H2,24,31,34)/p-1/t6-,7-,8-,9+,11?,12-,13-,18-,19-,43?/m1/s1. The van der Waals surface area contributed by atoms with Gasteiger partial charge in [0.1, 0.15) is 43.0 Å². The summed E-state index contributed by atoms with van der Waals surface area (Å²) >= 11 is 4.99. The third kappa shape index (κ3) is 5.39. The number of nitrogens with two attached hydrogens (primary N) is 1. The molecule has 10 atom stereocenters. The summed E-state index contributed by atoms with van der Waals surface area (Å²) in [5, 5.41) is 9.84. The first kappa shape index (κ1) is 30.5. The Balaban J connectivity index is 1.14. The van der Waals surface area contributed by atoms with Gasteiger partial charge in [-0.3, -0.25) is 30.0 Å². The number of imidazole rings is 1. The van der Waals surface area contributed by atoms with E-state index in [-0.39, 0.29) is 22.8 Å². The lowest BCUT2D eigenvalue weighted by Crippen LogP contribution is -2.52. The quantitative estimate of drug-likeness (QED) is 0.230. The maximum atomic E-state index is 15.9. The molecule has 25 heteroatoms. The topological polar surface area (TPSA) is 266 Å². The van der Waals surface area contributed by atoms with Crippen LogP contribution in [0.2, 0.25) is 0 Å². The number of anilines is 1. The van der Waals surface area contributed by atoms with Crippen molar-refractivity contribution in [2.75, 3.05) is 18.9 Å². The van der Waals surface area contributed by atoms with Gasteiger partial charge in [0.25, 0.3) is 5.91 Å². The highest BCUT2D eigenvalue weighted by molar-refractivity contribution is 8.06. The number of carbonyl (C=O) groups is 1. The summed E-state index contributed by atoms with van der Waals surface area (Å²) in [5.41, 5.74) is 6.04. The van der Waals surface area contributed by atoms with Crippen LogP contribution < -0.4 is 20.7 Å². The van der Waals surface area contributed by atoms with Crippen LogP contribution in [0.15, 0.2) is 22.6 Å². The van der Waals surface area contributed by atoms with Gasteiger partial charge in [0, 0.05) is 6.54 Å². The first-order valence-electron chi connectivity index (χ1n) is 13.0. The Labute approximate surface area is 256 Å². The molecule has 242 valence electrons. The molecule has 5 aliphatic rings. The number of alkyl halides is 2. The van der Waals surface area contributed by atoms with Crippen molar-refractivity contribution in [3.8, 4) is 0 Å². The van der Waals surface area contributed by atoms with Gasteiger partial charge < -0.3 is 29.1 Å². The number of halogens is 2. The summed E-state index contributed by atoms with van der Waals surface area (Å²) in [7, 11) is -4.80. The van der Waals surface area contributed by atoms with Gasteiger partial charge in [0.2, 0.25) is 5.96 Å². The average molecular weight is 693 g/mol. The van der Waals surface area contributed by atoms with E-state index in [9.17, 15) is 18.1 Å². The molecule has 20 nitrogen and oxygen atoms in total. The molecule has 2 unspecified atom stereocenters. The van der Waals surface area contributed by atoms with Crippen LogP contribution in [0.5, 0.6) is 0 Å². The van der Waals surface area contributed by atoms with Crippen LogP contribution in [-0.4, -0.2) is 119 Å². The van der Waals surface area contributed by atoms with Crippen molar-refractivity contribution in [1.82, 2.24) is 34.5 Å². The number of nitrogens with one attached hydrogen (secondary N) is 3. The number of amidine groups is 1. The predicted octanol–water partition coefficient (Wildman–Crippen LogP) is -2.90. The number of carbonyl (C=O) groups excluding carboxylic acids is 1. The molecule has 0 aromatic carbocycles. The maximum Gasteiger partial charge on any atom is 0.336 e. The molecule has 3 saturated heterocycles. The van der Waals surface area contributed by atoms with Gasteiger partial charge in [-0.25, -0.2) is 27.9 Å². The highest BCUT2D eigenvalue weighted by Crippen LogP contribution is 2.47. The minimum Gasteiger partial charge on any atom is -0.780 e. The number of nitrogen functional groups attached to an aromatic ring is 1. The number of hydrogen-bond acceptors (Lipinski definition) is 17. The zero-order chi connectivity index (χ0) is 31.8. The zero-order valence-corrected chi connectivity index (χ0v) is 24.8. The highest BCUT2D eigenvalue weighted by atomic mass is 32.5. The predicted molar refractivity (Wildman–Crippen MR) is 146 cm³/mol. The smallest absolute Gasteiger partial charge is 0.336 e. The molecule has 1 amide bonds. The van der Waals surface area contributed by atoms with Gasteiger partial charge >= 0.3 is 10.3 Å².